The second-order valence-corrected chi connectivity index (χ2v) is 10.9. The Kier molecular flexibility index (Phi) is 8.73. The van der Waals surface area contributed by atoms with E-state index in [1.54, 1.807) is 49.4 Å². The summed E-state index contributed by atoms with van der Waals surface area (Å²) in [5.74, 6) is -1.51. The van der Waals surface area contributed by atoms with Crippen molar-refractivity contribution in [1.29, 1.82) is 0 Å². The Hall–Kier alpha value is -2.49. The van der Waals surface area contributed by atoms with Crippen LogP contribution in [-0.4, -0.2) is 71.8 Å². The summed E-state index contributed by atoms with van der Waals surface area (Å²) < 4.78 is 47.7. The number of benzene rings is 1. The fourth-order valence-corrected chi connectivity index (χ4v) is 5.93. The molecule has 2 aliphatic rings. The van der Waals surface area contributed by atoms with E-state index >= 15 is 0 Å². The second-order valence-electron chi connectivity index (χ2n) is 10.1. The topological polar surface area (TPSA) is 54.8 Å². The number of fused-ring (bicyclic) bond motifs is 1. The maximum absolute atomic E-state index is 13.7. The molecule has 11 heteroatoms. The number of nitrogens with zero attached hydrogens (tertiary/aromatic N) is 3. The lowest BCUT2D eigenvalue weighted by atomic mass is 9.79. The van der Waals surface area contributed by atoms with Gasteiger partial charge in [0, 0.05) is 61.6 Å². The third kappa shape index (κ3) is 6.00. The summed E-state index contributed by atoms with van der Waals surface area (Å²) in [6.45, 7) is 7.58. The van der Waals surface area contributed by atoms with E-state index in [0.29, 0.717) is 54.6 Å². The first-order chi connectivity index (χ1) is 18.3. The van der Waals surface area contributed by atoms with E-state index in [1.165, 1.54) is 6.08 Å². The van der Waals surface area contributed by atoms with Gasteiger partial charge in [0.25, 0.3) is 5.91 Å². The third-order valence-electron chi connectivity index (χ3n) is 7.85. The number of carbonyl (C=O) groups is 2. The second kappa shape index (κ2) is 11.6. The van der Waals surface area contributed by atoms with Gasteiger partial charge in [-0.1, -0.05) is 37.0 Å². The normalized spacial score (nSPS) is 20.0. The number of hydrogen-bond acceptors (Lipinski definition) is 4. The zero-order valence-corrected chi connectivity index (χ0v) is 23.9. The number of piperazine rings is 1. The summed E-state index contributed by atoms with van der Waals surface area (Å²) in [7, 11) is 1.73. The van der Waals surface area contributed by atoms with Crippen LogP contribution in [0.3, 0.4) is 0 Å². The molecule has 0 radical (unpaired) electrons. The molecule has 2 aromatic rings. The monoisotopic (exact) mass is 585 g/mol. The van der Waals surface area contributed by atoms with Gasteiger partial charge in [0.2, 0.25) is 0 Å². The van der Waals surface area contributed by atoms with Crippen molar-refractivity contribution in [3.8, 4) is 0 Å². The summed E-state index contributed by atoms with van der Waals surface area (Å²) in [6, 6.07) is 5.13. The van der Waals surface area contributed by atoms with Gasteiger partial charge in [-0.15, -0.1) is 0 Å². The van der Waals surface area contributed by atoms with Crippen LogP contribution in [0.4, 0.5) is 13.2 Å². The predicted octanol–water partition coefficient (Wildman–Crippen LogP) is 5.94. The van der Waals surface area contributed by atoms with Crippen molar-refractivity contribution in [1.82, 2.24) is 14.4 Å². The minimum Gasteiger partial charge on any atom is -0.465 e. The Morgan fingerprint density at radius 2 is 1.74 bits per heavy atom. The van der Waals surface area contributed by atoms with Gasteiger partial charge < -0.3 is 14.2 Å². The van der Waals surface area contributed by atoms with Crippen molar-refractivity contribution in [2.75, 3.05) is 39.3 Å². The molecule has 1 fully saturated rings. The standard InChI is InChI=1S/C28H32Cl2F3N3O3/c1-5-39-25(37)15-35-8-10-36(11-9-35)27(38)19-6-7-23(29)21(26(19)30)13-18-12-20-16(2)17(3)22(28(31,32)33)14-24(20)34(18)4/h6-7,12,14,16-17H,5,8-11,13,15H2,1-4H3. The van der Waals surface area contributed by atoms with Gasteiger partial charge >= 0.3 is 12.1 Å². The minimum absolute atomic E-state index is 0.180. The number of alkyl halides is 3. The SMILES string of the molecule is CCOC(=O)CN1CCN(C(=O)c2ccc(Cl)c(Cc3cc4c(n3C)C=C(C(F)(F)F)C(C)C4C)c2Cl)CC1. The fourth-order valence-electron chi connectivity index (χ4n) is 5.35. The predicted molar refractivity (Wildman–Crippen MR) is 145 cm³/mol. The van der Waals surface area contributed by atoms with Gasteiger partial charge in [0.15, 0.2) is 0 Å². The Morgan fingerprint density at radius 1 is 1.08 bits per heavy atom. The van der Waals surface area contributed by atoms with E-state index in [4.69, 9.17) is 27.9 Å². The van der Waals surface area contributed by atoms with Crippen molar-refractivity contribution < 1.29 is 27.5 Å². The highest BCUT2D eigenvalue weighted by Gasteiger charge is 2.42. The lowest BCUT2D eigenvalue weighted by Crippen LogP contribution is -2.50. The molecule has 0 spiro atoms. The maximum atomic E-state index is 13.7. The number of ether oxygens (including phenoxy) is 1. The number of aromatic nitrogens is 1. The van der Waals surface area contributed by atoms with Gasteiger partial charge in [0.05, 0.1) is 23.7 Å². The first-order valence-corrected chi connectivity index (χ1v) is 13.7. The molecule has 2 atom stereocenters. The highest BCUT2D eigenvalue weighted by Crippen LogP contribution is 2.46. The van der Waals surface area contributed by atoms with Gasteiger partial charge in [-0.2, -0.15) is 13.2 Å². The van der Waals surface area contributed by atoms with Gasteiger partial charge in [-0.25, -0.2) is 0 Å². The number of rotatable bonds is 6. The van der Waals surface area contributed by atoms with Crippen LogP contribution in [-0.2, 0) is 23.0 Å². The van der Waals surface area contributed by atoms with Crippen LogP contribution in [0.2, 0.25) is 10.0 Å². The molecule has 2 unspecified atom stereocenters. The molecule has 0 saturated carbocycles. The quantitative estimate of drug-likeness (QED) is 0.393. The summed E-state index contributed by atoms with van der Waals surface area (Å²) in [6.07, 6.45) is -2.92. The molecule has 1 aromatic heterocycles. The van der Waals surface area contributed by atoms with Crippen molar-refractivity contribution in [3.63, 3.8) is 0 Å². The molecule has 212 valence electrons. The summed E-state index contributed by atoms with van der Waals surface area (Å²) in [5.41, 5.74) is 2.43. The highest BCUT2D eigenvalue weighted by atomic mass is 35.5. The number of hydrogen-bond donors (Lipinski definition) is 0. The van der Waals surface area contributed by atoms with E-state index in [9.17, 15) is 22.8 Å². The number of allylic oxidation sites excluding steroid dienone is 1. The van der Waals surface area contributed by atoms with E-state index < -0.39 is 17.7 Å². The number of amides is 1. The molecule has 1 aliphatic heterocycles. The molecular weight excluding hydrogens is 554 g/mol. The molecule has 1 saturated heterocycles. The fraction of sp³-hybridized carbons (Fsp3) is 0.500. The zero-order valence-electron chi connectivity index (χ0n) is 22.4. The minimum atomic E-state index is -4.40. The molecule has 1 aromatic carbocycles. The van der Waals surface area contributed by atoms with Crippen molar-refractivity contribution >= 4 is 41.2 Å². The Balaban J connectivity index is 1.55. The van der Waals surface area contributed by atoms with Crippen LogP contribution >= 0.6 is 23.2 Å². The molecule has 1 aliphatic carbocycles. The van der Waals surface area contributed by atoms with Gasteiger partial charge in [-0.3, -0.25) is 14.5 Å². The lowest BCUT2D eigenvalue weighted by molar-refractivity contribution is -0.144. The van der Waals surface area contributed by atoms with E-state index in [1.807, 2.05) is 11.0 Å². The van der Waals surface area contributed by atoms with E-state index in [-0.39, 0.29) is 35.8 Å². The molecule has 39 heavy (non-hydrogen) atoms. The van der Waals surface area contributed by atoms with Crippen LogP contribution in [0.25, 0.3) is 6.08 Å². The lowest BCUT2D eigenvalue weighted by Gasteiger charge is -2.34. The largest absolute Gasteiger partial charge is 0.465 e. The van der Waals surface area contributed by atoms with E-state index in [0.717, 1.165) is 11.3 Å². The number of halogens is 5. The van der Waals surface area contributed by atoms with Crippen LogP contribution in [0.15, 0.2) is 23.8 Å². The Labute approximate surface area is 236 Å². The molecule has 1 amide bonds. The first-order valence-electron chi connectivity index (χ1n) is 12.9. The molecule has 4 rings (SSSR count). The zero-order chi connectivity index (χ0) is 28.6. The van der Waals surface area contributed by atoms with Gasteiger partial charge in [0.1, 0.15) is 0 Å². The third-order valence-corrected chi connectivity index (χ3v) is 8.64. The number of carbonyl (C=O) groups excluding carboxylic acids is 2. The van der Waals surface area contributed by atoms with Crippen LogP contribution in [0.1, 0.15) is 59.6 Å². The molecular formula is C28H32Cl2F3N3O3. The smallest absolute Gasteiger partial charge is 0.413 e. The van der Waals surface area contributed by atoms with Crippen LogP contribution < -0.4 is 0 Å². The average molecular weight is 586 g/mol. The van der Waals surface area contributed by atoms with Crippen LogP contribution in [0, 0.1) is 5.92 Å². The summed E-state index contributed by atoms with van der Waals surface area (Å²) in [4.78, 5) is 28.8. The van der Waals surface area contributed by atoms with E-state index in [2.05, 4.69) is 0 Å². The first kappa shape index (κ1) is 29.5. The molecule has 2 heterocycles. The van der Waals surface area contributed by atoms with Crippen molar-refractivity contribution in [3.05, 3.63) is 61.9 Å². The summed E-state index contributed by atoms with van der Waals surface area (Å²) in [5, 5.41) is 0.608. The molecule has 6 nitrogen and oxygen atoms in total. The highest BCUT2D eigenvalue weighted by molar-refractivity contribution is 6.38. The Bertz CT molecular complexity index is 1300. The van der Waals surface area contributed by atoms with Crippen LogP contribution in [0.5, 0.6) is 0 Å². The summed E-state index contributed by atoms with van der Waals surface area (Å²) >= 11 is 13.3. The average Bonchev–Trinajstić information content (AvgIpc) is 3.18. The number of esters is 1. The maximum Gasteiger partial charge on any atom is 0.413 e. The van der Waals surface area contributed by atoms with Crippen molar-refractivity contribution in [2.24, 2.45) is 13.0 Å². The molecule has 0 N–H and O–H groups in total. The van der Waals surface area contributed by atoms with Crippen molar-refractivity contribution in [2.45, 2.75) is 39.3 Å². The molecule has 0 bridgehead atoms. The Morgan fingerprint density at radius 3 is 2.36 bits per heavy atom. The van der Waals surface area contributed by atoms with Gasteiger partial charge in [-0.05, 0) is 54.2 Å².